The summed E-state index contributed by atoms with van der Waals surface area (Å²) in [6, 6.07) is 13.8. The number of oxazole rings is 1. The second-order valence-corrected chi connectivity index (χ2v) is 7.38. The lowest BCUT2D eigenvalue weighted by Gasteiger charge is -2.37. The number of nitrogens with zero attached hydrogens (tertiary/aromatic N) is 3. The quantitative estimate of drug-likeness (QED) is 0.708. The molecule has 0 atom stereocenters. The van der Waals surface area contributed by atoms with Crippen LogP contribution in [-0.4, -0.2) is 33.9 Å². The molecular formula is C22H23N3O2. The smallest absolute Gasteiger partial charge is 0.253 e. The third-order valence-corrected chi connectivity index (χ3v) is 5.37. The number of carbonyl (C=O) groups is 1. The highest BCUT2D eigenvalue weighted by atomic mass is 16.4. The van der Waals surface area contributed by atoms with Crippen molar-refractivity contribution < 1.29 is 9.21 Å². The van der Waals surface area contributed by atoms with Gasteiger partial charge in [-0.05, 0) is 30.5 Å². The second kappa shape index (κ2) is 7.35. The number of rotatable bonds is 4. The van der Waals surface area contributed by atoms with Gasteiger partial charge in [-0.25, -0.2) is 4.98 Å². The Bertz CT molecular complexity index is 898. The van der Waals surface area contributed by atoms with Gasteiger partial charge < -0.3 is 9.32 Å². The first-order chi connectivity index (χ1) is 13.1. The number of likely N-dealkylation sites (tertiary alicyclic amines) is 1. The van der Waals surface area contributed by atoms with Gasteiger partial charge in [0.05, 0.1) is 6.20 Å². The first-order valence-corrected chi connectivity index (χ1v) is 9.32. The molecule has 0 N–H and O–H groups in total. The molecule has 1 aromatic carbocycles. The maximum absolute atomic E-state index is 12.6. The van der Waals surface area contributed by atoms with Gasteiger partial charge in [0, 0.05) is 42.9 Å². The molecule has 0 bridgehead atoms. The SMILES string of the molecule is CC1(c2ncc(Cc3ccccc3)o2)CCN(C(=O)c2ccncc2)CC1. The van der Waals surface area contributed by atoms with Crippen LogP contribution in [0.4, 0.5) is 0 Å². The fourth-order valence-electron chi connectivity index (χ4n) is 3.56. The monoisotopic (exact) mass is 361 g/mol. The lowest BCUT2D eigenvalue weighted by Crippen LogP contribution is -2.44. The minimum atomic E-state index is -0.135. The Morgan fingerprint density at radius 3 is 2.52 bits per heavy atom. The molecule has 0 radical (unpaired) electrons. The molecule has 2 aromatic heterocycles. The van der Waals surface area contributed by atoms with Crippen molar-refractivity contribution in [2.45, 2.75) is 31.6 Å². The van der Waals surface area contributed by atoms with Crippen LogP contribution in [0.25, 0.3) is 0 Å². The van der Waals surface area contributed by atoms with E-state index in [4.69, 9.17) is 4.42 Å². The van der Waals surface area contributed by atoms with E-state index in [1.54, 1.807) is 24.5 Å². The van der Waals surface area contributed by atoms with Crippen molar-refractivity contribution in [3.63, 3.8) is 0 Å². The van der Waals surface area contributed by atoms with Gasteiger partial charge in [0.15, 0.2) is 5.89 Å². The Hall–Kier alpha value is -2.95. The predicted molar refractivity (Wildman–Crippen MR) is 102 cm³/mol. The fourth-order valence-corrected chi connectivity index (χ4v) is 3.56. The van der Waals surface area contributed by atoms with E-state index in [1.807, 2.05) is 29.3 Å². The fraction of sp³-hybridized carbons (Fsp3) is 0.318. The van der Waals surface area contributed by atoms with E-state index in [9.17, 15) is 4.79 Å². The summed E-state index contributed by atoms with van der Waals surface area (Å²) in [5.41, 5.74) is 1.77. The highest BCUT2D eigenvalue weighted by Gasteiger charge is 2.37. The molecule has 4 rings (SSSR count). The van der Waals surface area contributed by atoms with E-state index in [2.05, 4.69) is 29.0 Å². The average Bonchev–Trinajstić information content (AvgIpc) is 3.19. The second-order valence-electron chi connectivity index (χ2n) is 7.38. The number of amides is 1. The van der Waals surface area contributed by atoms with Gasteiger partial charge in [-0.2, -0.15) is 0 Å². The van der Waals surface area contributed by atoms with Crippen LogP contribution in [0.2, 0.25) is 0 Å². The Labute approximate surface area is 159 Å². The molecule has 1 saturated heterocycles. The summed E-state index contributed by atoms with van der Waals surface area (Å²) in [6.07, 6.45) is 7.58. The van der Waals surface area contributed by atoms with Crippen molar-refractivity contribution in [1.29, 1.82) is 0 Å². The highest BCUT2D eigenvalue weighted by Crippen LogP contribution is 2.35. The largest absolute Gasteiger partial charge is 0.445 e. The number of aromatic nitrogens is 2. The lowest BCUT2D eigenvalue weighted by atomic mass is 9.80. The molecule has 0 aliphatic carbocycles. The van der Waals surface area contributed by atoms with Crippen molar-refractivity contribution in [1.82, 2.24) is 14.9 Å². The van der Waals surface area contributed by atoms with E-state index in [0.29, 0.717) is 18.7 Å². The molecular weight excluding hydrogens is 338 g/mol. The summed E-state index contributed by atoms with van der Waals surface area (Å²) in [6.45, 7) is 3.58. The van der Waals surface area contributed by atoms with Gasteiger partial charge in [0.1, 0.15) is 5.76 Å². The van der Waals surface area contributed by atoms with E-state index in [-0.39, 0.29) is 11.3 Å². The van der Waals surface area contributed by atoms with Crippen molar-refractivity contribution in [3.8, 4) is 0 Å². The van der Waals surface area contributed by atoms with Crippen LogP contribution in [-0.2, 0) is 11.8 Å². The van der Waals surface area contributed by atoms with Crippen LogP contribution in [0, 0.1) is 0 Å². The summed E-state index contributed by atoms with van der Waals surface area (Å²) >= 11 is 0. The Kier molecular flexibility index (Phi) is 4.75. The zero-order chi connectivity index (χ0) is 18.7. The number of pyridine rings is 1. The summed E-state index contributed by atoms with van der Waals surface area (Å²) in [4.78, 5) is 23.1. The van der Waals surface area contributed by atoms with Crippen LogP contribution in [0.1, 0.15) is 47.3 Å². The zero-order valence-corrected chi connectivity index (χ0v) is 15.5. The zero-order valence-electron chi connectivity index (χ0n) is 15.5. The van der Waals surface area contributed by atoms with E-state index in [1.165, 1.54) is 5.56 Å². The van der Waals surface area contributed by atoms with Crippen molar-refractivity contribution in [2.24, 2.45) is 0 Å². The molecule has 138 valence electrons. The molecule has 5 nitrogen and oxygen atoms in total. The third kappa shape index (κ3) is 3.77. The van der Waals surface area contributed by atoms with Crippen LogP contribution in [0.5, 0.6) is 0 Å². The number of piperidine rings is 1. The number of hydrogen-bond donors (Lipinski definition) is 0. The standard InChI is InChI=1S/C22H23N3O2/c1-22(21-24-16-19(27-21)15-17-5-3-2-4-6-17)9-13-25(14-10-22)20(26)18-7-11-23-12-8-18/h2-8,11-12,16H,9-10,13-15H2,1H3. The molecule has 3 aromatic rings. The topological polar surface area (TPSA) is 59.2 Å². The molecule has 27 heavy (non-hydrogen) atoms. The summed E-state index contributed by atoms with van der Waals surface area (Å²) < 4.78 is 6.09. The maximum Gasteiger partial charge on any atom is 0.253 e. The Balaban J connectivity index is 1.41. The number of hydrogen-bond acceptors (Lipinski definition) is 4. The highest BCUT2D eigenvalue weighted by molar-refractivity contribution is 5.94. The normalized spacial score (nSPS) is 16.3. The van der Waals surface area contributed by atoms with Gasteiger partial charge in [-0.15, -0.1) is 0 Å². The van der Waals surface area contributed by atoms with Gasteiger partial charge in [0.25, 0.3) is 5.91 Å². The van der Waals surface area contributed by atoms with E-state index in [0.717, 1.165) is 30.9 Å². The molecule has 0 spiro atoms. The van der Waals surface area contributed by atoms with Crippen molar-refractivity contribution in [3.05, 3.63) is 83.8 Å². The van der Waals surface area contributed by atoms with Crippen LogP contribution in [0.15, 0.2) is 65.5 Å². The average molecular weight is 361 g/mol. The maximum atomic E-state index is 12.6. The number of carbonyl (C=O) groups excluding carboxylic acids is 1. The lowest BCUT2D eigenvalue weighted by molar-refractivity contribution is 0.0657. The van der Waals surface area contributed by atoms with Crippen molar-refractivity contribution >= 4 is 5.91 Å². The minimum Gasteiger partial charge on any atom is -0.445 e. The van der Waals surface area contributed by atoms with Gasteiger partial charge >= 0.3 is 0 Å². The van der Waals surface area contributed by atoms with Gasteiger partial charge in [-0.3, -0.25) is 9.78 Å². The molecule has 5 heteroatoms. The summed E-state index contributed by atoms with van der Waals surface area (Å²) in [5.74, 6) is 1.73. The molecule has 1 aliphatic rings. The molecule has 0 saturated carbocycles. The summed E-state index contributed by atoms with van der Waals surface area (Å²) in [7, 11) is 0. The molecule has 3 heterocycles. The third-order valence-electron chi connectivity index (χ3n) is 5.37. The number of benzene rings is 1. The molecule has 1 fully saturated rings. The Morgan fingerprint density at radius 2 is 1.81 bits per heavy atom. The first-order valence-electron chi connectivity index (χ1n) is 9.32. The van der Waals surface area contributed by atoms with Crippen LogP contribution >= 0.6 is 0 Å². The van der Waals surface area contributed by atoms with E-state index < -0.39 is 0 Å². The molecule has 1 aliphatic heterocycles. The Morgan fingerprint density at radius 1 is 1.11 bits per heavy atom. The molecule has 0 unspecified atom stereocenters. The van der Waals surface area contributed by atoms with E-state index >= 15 is 0 Å². The van der Waals surface area contributed by atoms with Gasteiger partial charge in [-0.1, -0.05) is 37.3 Å². The van der Waals surface area contributed by atoms with Crippen LogP contribution < -0.4 is 0 Å². The first kappa shape index (κ1) is 17.5. The minimum absolute atomic E-state index is 0.0663. The predicted octanol–water partition coefficient (Wildman–Crippen LogP) is 3.85. The molecule has 1 amide bonds. The van der Waals surface area contributed by atoms with Gasteiger partial charge in [0.2, 0.25) is 0 Å². The van der Waals surface area contributed by atoms with Crippen molar-refractivity contribution in [2.75, 3.05) is 13.1 Å². The van der Waals surface area contributed by atoms with Crippen LogP contribution in [0.3, 0.4) is 0 Å². The summed E-state index contributed by atoms with van der Waals surface area (Å²) in [5, 5.41) is 0.